The number of hydrogen-bond acceptors (Lipinski definition) is 3. The Morgan fingerprint density at radius 3 is 2.47 bits per heavy atom. The SMILES string of the molecule is Cc1ccc(S(=O)(=O)Nc2n[nH]c(C)c2C)c(Br)c1. The van der Waals surface area contributed by atoms with E-state index in [2.05, 4.69) is 30.8 Å². The van der Waals surface area contributed by atoms with Crippen LogP contribution in [-0.2, 0) is 10.0 Å². The van der Waals surface area contributed by atoms with E-state index in [9.17, 15) is 8.42 Å². The number of aromatic amines is 1. The molecule has 0 aliphatic carbocycles. The molecule has 0 aliphatic heterocycles. The first-order valence-corrected chi connectivity index (χ1v) is 7.89. The Morgan fingerprint density at radius 1 is 1.26 bits per heavy atom. The summed E-state index contributed by atoms with van der Waals surface area (Å²) in [6.07, 6.45) is 0. The third kappa shape index (κ3) is 2.82. The van der Waals surface area contributed by atoms with Gasteiger partial charge in [0.2, 0.25) is 0 Å². The van der Waals surface area contributed by atoms with Gasteiger partial charge in [-0.2, -0.15) is 5.10 Å². The number of hydrogen-bond donors (Lipinski definition) is 2. The lowest BCUT2D eigenvalue weighted by molar-refractivity contribution is 0.600. The molecule has 0 spiro atoms. The van der Waals surface area contributed by atoms with E-state index in [4.69, 9.17) is 0 Å². The first-order chi connectivity index (χ1) is 8.81. The molecular weight excluding hydrogens is 330 g/mol. The van der Waals surface area contributed by atoms with E-state index in [-0.39, 0.29) is 4.90 Å². The van der Waals surface area contributed by atoms with Crippen molar-refractivity contribution >= 4 is 31.8 Å². The highest BCUT2D eigenvalue weighted by Gasteiger charge is 2.20. The maximum atomic E-state index is 12.3. The molecule has 2 N–H and O–H groups in total. The van der Waals surface area contributed by atoms with Crippen molar-refractivity contribution < 1.29 is 8.42 Å². The second-order valence-electron chi connectivity index (χ2n) is 4.36. The van der Waals surface area contributed by atoms with Gasteiger partial charge in [-0.05, 0) is 54.4 Å². The molecule has 0 amide bonds. The summed E-state index contributed by atoms with van der Waals surface area (Å²) in [6, 6.07) is 5.08. The third-order valence-corrected chi connectivity index (χ3v) is 5.18. The Labute approximate surface area is 120 Å². The summed E-state index contributed by atoms with van der Waals surface area (Å²) in [6.45, 7) is 5.54. The van der Waals surface area contributed by atoms with Gasteiger partial charge < -0.3 is 0 Å². The molecule has 0 atom stereocenters. The van der Waals surface area contributed by atoms with Gasteiger partial charge in [-0.1, -0.05) is 6.07 Å². The summed E-state index contributed by atoms with van der Waals surface area (Å²) in [5.74, 6) is 0.324. The van der Waals surface area contributed by atoms with Crippen molar-refractivity contribution in [1.29, 1.82) is 0 Å². The van der Waals surface area contributed by atoms with Gasteiger partial charge in [0.1, 0.15) is 4.90 Å². The molecule has 0 fully saturated rings. The molecule has 1 aromatic heterocycles. The molecule has 0 aliphatic rings. The van der Waals surface area contributed by atoms with E-state index in [1.165, 1.54) is 0 Å². The Balaban J connectivity index is 2.41. The number of halogens is 1. The second-order valence-corrected chi connectivity index (χ2v) is 6.87. The van der Waals surface area contributed by atoms with E-state index >= 15 is 0 Å². The quantitative estimate of drug-likeness (QED) is 0.899. The Kier molecular flexibility index (Phi) is 3.69. The van der Waals surface area contributed by atoms with Crippen LogP contribution < -0.4 is 4.72 Å². The lowest BCUT2D eigenvalue weighted by atomic mass is 10.2. The highest BCUT2D eigenvalue weighted by molar-refractivity contribution is 9.10. The van der Waals surface area contributed by atoms with Gasteiger partial charge in [0.25, 0.3) is 10.0 Å². The van der Waals surface area contributed by atoms with Gasteiger partial charge in [-0.3, -0.25) is 9.82 Å². The average Bonchev–Trinajstić information content (AvgIpc) is 2.60. The van der Waals surface area contributed by atoms with E-state index in [1.807, 2.05) is 13.8 Å². The number of rotatable bonds is 3. The molecule has 0 saturated heterocycles. The largest absolute Gasteiger partial charge is 0.280 e. The van der Waals surface area contributed by atoms with Crippen molar-refractivity contribution in [1.82, 2.24) is 10.2 Å². The second kappa shape index (κ2) is 4.97. The van der Waals surface area contributed by atoms with Crippen molar-refractivity contribution in [3.05, 3.63) is 39.5 Å². The molecular formula is C12H14BrN3O2S. The van der Waals surface area contributed by atoms with Gasteiger partial charge in [-0.25, -0.2) is 8.42 Å². The van der Waals surface area contributed by atoms with Crippen LogP contribution in [0.3, 0.4) is 0 Å². The summed E-state index contributed by atoms with van der Waals surface area (Å²) in [5, 5.41) is 6.69. The van der Waals surface area contributed by atoms with Crippen molar-refractivity contribution in [2.75, 3.05) is 4.72 Å². The molecule has 1 aromatic carbocycles. The molecule has 2 aromatic rings. The molecule has 5 nitrogen and oxygen atoms in total. The predicted molar refractivity (Wildman–Crippen MR) is 77.7 cm³/mol. The smallest absolute Gasteiger partial charge is 0.264 e. The zero-order valence-electron chi connectivity index (χ0n) is 10.8. The van der Waals surface area contributed by atoms with Crippen LogP contribution in [0.2, 0.25) is 0 Å². The molecule has 0 saturated carbocycles. The van der Waals surface area contributed by atoms with Gasteiger partial charge >= 0.3 is 0 Å². The van der Waals surface area contributed by atoms with Crippen LogP contribution in [-0.4, -0.2) is 18.6 Å². The Morgan fingerprint density at radius 2 is 1.95 bits per heavy atom. The monoisotopic (exact) mass is 343 g/mol. The van der Waals surface area contributed by atoms with Gasteiger partial charge in [0.05, 0.1) is 0 Å². The number of benzene rings is 1. The fourth-order valence-corrected chi connectivity index (χ4v) is 3.85. The molecule has 0 unspecified atom stereocenters. The topological polar surface area (TPSA) is 74.8 Å². The highest BCUT2D eigenvalue weighted by atomic mass is 79.9. The normalized spacial score (nSPS) is 11.6. The van der Waals surface area contributed by atoms with Gasteiger partial charge in [0, 0.05) is 15.7 Å². The van der Waals surface area contributed by atoms with Crippen LogP contribution in [0.15, 0.2) is 27.6 Å². The number of aryl methyl sites for hydroxylation is 2. The molecule has 0 radical (unpaired) electrons. The van der Waals surface area contributed by atoms with Crippen molar-refractivity contribution in [2.45, 2.75) is 25.7 Å². The molecule has 1 heterocycles. The van der Waals surface area contributed by atoms with Crippen LogP contribution in [0.1, 0.15) is 16.8 Å². The van der Waals surface area contributed by atoms with Crippen LogP contribution in [0.4, 0.5) is 5.82 Å². The number of anilines is 1. The highest BCUT2D eigenvalue weighted by Crippen LogP contribution is 2.26. The summed E-state index contributed by atoms with van der Waals surface area (Å²) >= 11 is 3.27. The maximum Gasteiger partial charge on any atom is 0.264 e. The Bertz CT molecular complexity index is 723. The predicted octanol–water partition coefficient (Wildman–Crippen LogP) is 2.90. The minimum Gasteiger partial charge on any atom is -0.280 e. The number of nitrogens with zero attached hydrogens (tertiary/aromatic N) is 1. The summed E-state index contributed by atoms with van der Waals surface area (Å²) < 4.78 is 27.6. The number of nitrogens with one attached hydrogen (secondary N) is 2. The number of aromatic nitrogens is 2. The molecule has 102 valence electrons. The van der Waals surface area contributed by atoms with E-state index in [0.717, 1.165) is 16.8 Å². The fraction of sp³-hybridized carbons (Fsp3) is 0.250. The first kappa shape index (κ1) is 14.1. The summed E-state index contributed by atoms with van der Waals surface area (Å²) in [7, 11) is -3.65. The standard InChI is InChI=1S/C12H14BrN3O2S/c1-7-4-5-11(10(13)6-7)19(17,18)16-12-8(2)9(3)14-15-12/h4-6H,1-3H3,(H2,14,15,16). The molecule has 7 heteroatoms. The number of H-pyrrole nitrogens is 1. The summed E-state index contributed by atoms with van der Waals surface area (Å²) in [4.78, 5) is 0.193. The lowest BCUT2D eigenvalue weighted by Gasteiger charge is -2.08. The minimum absolute atomic E-state index is 0.193. The minimum atomic E-state index is -3.65. The van der Waals surface area contributed by atoms with E-state index in [0.29, 0.717) is 10.3 Å². The third-order valence-electron chi connectivity index (χ3n) is 2.86. The van der Waals surface area contributed by atoms with Crippen molar-refractivity contribution in [3.8, 4) is 0 Å². The van der Waals surface area contributed by atoms with Crippen LogP contribution in [0.25, 0.3) is 0 Å². The van der Waals surface area contributed by atoms with Gasteiger partial charge in [0.15, 0.2) is 5.82 Å². The first-order valence-electron chi connectivity index (χ1n) is 5.62. The average molecular weight is 344 g/mol. The van der Waals surface area contributed by atoms with Crippen molar-refractivity contribution in [2.24, 2.45) is 0 Å². The molecule has 2 rings (SSSR count). The maximum absolute atomic E-state index is 12.3. The zero-order valence-corrected chi connectivity index (χ0v) is 13.2. The van der Waals surface area contributed by atoms with E-state index in [1.54, 1.807) is 25.1 Å². The van der Waals surface area contributed by atoms with E-state index < -0.39 is 10.0 Å². The molecule has 0 bridgehead atoms. The van der Waals surface area contributed by atoms with Gasteiger partial charge in [-0.15, -0.1) is 0 Å². The zero-order chi connectivity index (χ0) is 14.2. The Hall–Kier alpha value is -1.34. The van der Waals surface area contributed by atoms with Crippen LogP contribution in [0.5, 0.6) is 0 Å². The van der Waals surface area contributed by atoms with Crippen LogP contribution >= 0.6 is 15.9 Å². The van der Waals surface area contributed by atoms with Crippen molar-refractivity contribution in [3.63, 3.8) is 0 Å². The lowest BCUT2D eigenvalue weighted by Crippen LogP contribution is -2.14. The fourth-order valence-electron chi connectivity index (χ4n) is 1.59. The molecule has 19 heavy (non-hydrogen) atoms. The van der Waals surface area contributed by atoms with Crippen LogP contribution in [0, 0.1) is 20.8 Å². The number of sulfonamides is 1. The summed E-state index contributed by atoms with van der Waals surface area (Å²) in [5.41, 5.74) is 2.60.